The molecule has 8 heteroatoms. The van der Waals surface area contributed by atoms with Gasteiger partial charge in [-0.15, -0.1) is 0 Å². The summed E-state index contributed by atoms with van der Waals surface area (Å²) >= 11 is 11.3. The molecule has 0 unspecified atom stereocenters. The molecule has 2 N–H and O–H groups in total. The predicted octanol–water partition coefficient (Wildman–Crippen LogP) is 3.27. The van der Waals surface area contributed by atoms with Crippen LogP contribution in [0.25, 0.3) is 11.0 Å². The molecule has 2 aromatic rings. The van der Waals surface area contributed by atoms with Gasteiger partial charge in [-0.05, 0) is 39.1 Å². The maximum atomic E-state index is 11.6. The van der Waals surface area contributed by atoms with E-state index >= 15 is 0 Å². The Labute approximate surface area is 132 Å². The van der Waals surface area contributed by atoms with E-state index in [1.54, 1.807) is 6.20 Å². The Morgan fingerprint density at radius 1 is 1.57 bits per heavy atom. The van der Waals surface area contributed by atoms with Crippen molar-refractivity contribution in [3.63, 3.8) is 0 Å². The summed E-state index contributed by atoms with van der Waals surface area (Å²) in [4.78, 5) is 18.6. The molecule has 0 aliphatic rings. The number of hydrogen-bond acceptors (Lipinski definition) is 4. The van der Waals surface area contributed by atoms with Gasteiger partial charge in [0, 0.05) is 19.3 Å². The van der Waals surface area contributed by atoms with Crippen LogP contribution >= 0.6 is 23.8 Å². The minimum atomic E-state index is -0.514. The molecular formula is C13H17ClN4O2S. The molecule has 0 bridgehead atoms. The van der Waals surface area contributed by atoms with Crippen LogP contribution in [0.1, 0.15) is 20.8 Å². The number of nitrogens with one attached hydrogen (secondary N) is 2. The number of carbonyl (C=O) groups excluding carboxylic acids is 1. The lowest BCUT2D eigenvalue weighted by atomic mass is 10.2. The third-order valence-electron chi connectivity index (χ3n) is 2.65. The quantitative estimate of drug-likeness (QED) is 0.670. The normalized spacial score (nSPS) is 11.6. The Morgan fingerprint density at radius 2 is 2.29 bits per heavy atom. The lowest BCUT2D eigenvalue weighted by Gasteiger charge is -2.19. The van der Waals surface area contributed by atoms with Gasteiger partial charge in [0.15, 0.2) is 9.92 Å². The highest BCUT2D eigenvalue weighted by molar-refractivity contribution is 7.71. The molecule has 0 aromatic carbocycles. The van der Waals surface area contributed by atoms with E-state index in [-0.39, 0.29) is 0 Å². The van der Waals surface area contributed by atoms with Crippen molar-refractivity contribution < 1.29 is 9.53 Å². The van der Waals surface area contributed by atoms with Gasteiger partial charge < -0.3 is 19.6 Å². The first kappa shape index (κ1) is 15.8. The molecule has 6 nitrogen and oxygen atoms in total. The molecule has 0 fully saturated rings. The summed E-state index contributed by atoms with van der Waals surface area (Å²) in [5.41, 5.74) is 1.04. The number of hydrogen-bond donors (Lipinski definition) is 2. The second kappa shape index (κ2) is 6.03. The number of pyridine rings is 1. The first-order valence-electron chi connectivity index (χ1n) is 6.48. The van der Waals surface area contributed by atoms with Gasteiger partial charge in [-0.25, -0.2) is 9.78 Å². The smallest absolute Gasteiger partial charge is 0.407 e. The zero-order chi connectivity index (χ0) is 15.6. The Hall–Kier alpha value is -1.60. The van der Waals surface area contributed by atoms with Crippen molar-refractivity contribution in [1.82, 2.24) is 19.9 Å². The van der Waals surface area contributed by atoms with Crippen molar-refractivity contribution in [3.8, 4) is 0 Å². The monoisotopic (exact) mass is 328 g/mol. The van der Waals surface area contributed by atoms with Crippen molar-refractivity contribution in [1.29, 1.82) is 0 Å². The van der Waals surface area contributed by atoms with E-state index < -0.39 is 11.7 Å². The number of aromatic nitrogens is 3. The third-order valence-corrected chi connectivity index (χ3v) is 3.26. The van der Waals surface area contributed by atoms with Crippen molar-refractivity contribution in [2.75, 3.05) is 6.54 Å². The van der Waals surface area contributed by atoms with Crippen LogP contribution in [0.5, 0.6) is 0 Å². The standard InChI is InChI=1S/C13H17ClN4O2S/c1-13(2,3)20-12(19)16-6-7-18-8-4-5-15-10(14)9(8)17-11(18)21/h4-5H,6-7H2,1-3H3,(H,16,19)(H,17,21). The van der Waals surface area contributed by atoms with Crippen LogP contribution in [0.4, 0.5) is 4.79 Å². The number of carbonyl (C=O) groups is 1. The Kier molecular flexibility index (Phi) is 4.53. The summed E-state index contributed by atoms with van der Waals surface area (Å²) in [5.74, 6) is 0. The van der Waals surface area contributed by atoms with Gasteiger partial charge in [0.05, 0.1) is 5.52 Å². The molecule has 2 heterocycles. The van der Waals surface area contributed by atoms with Crippen LogP contribution in [-0.2, 0) is 11.3 Å². The number of aromatic amines is 1. The molecule has 2 rings (SSSR count). The number of ether oxygens (including phenoxy) is 1. The van der Waals surface area contributed by atoms with Gasteiger partial charge in [-0.2, -0.15) is 0 Å². The van der Waals surface area contributed by atoms with E-state index in [1.165, 1.54) is 0 Å². The van der Waals surface area contributed by atoms with Crippen LogP contribution in [0, 0.1) is 4.77 Å². The zero-order valence-electron chi connectivity index (χ0n) is 12.1. The molecule has 0 saturated carbocycles. The largest absolute Gasteiger partial charge is 0.444 e. The second-order valence-corrected chi connectivity index (χ2v) is 6.25. The summed E-state index contributed by atoms with van der Waals surface area (Å²) in [6.07, 6.45) is 1.17. The molecule has 21 heavy (non-hydrogen) atoms. The van der Waals surface area contributed by atoms with Crippen LogP contribution in [0.2, 0.25) is 5.15 Å². The van der Waals surface area contributed by atoms with E-state index in [4.69, 9.17) is 28.6 Å². The number of amides is 1. The lowest BCUT2D eigenvalue weighted by Crippen LogP contribution is -2.34. The fourth-order valence-corrected chi connectivity index (χ4v) is 2.35. The number of H-pyrrole nitrogens is 1. The van der Waals surface area contributed by atoms with Crippen LogP contribution in [0.3, 0.4) is 0 Å². The minimum Gasteiger partial charge on any atom is -0.444 e. The highest BCUT2D eigenvalue weighted by Gasteiger charge is 2.15. The minimum absolute atomic E-state index is 0.373. The first-order valence-corrected chi connectivity index (χ1v) is 7.26. The number of imidazole rings is 1. The SMILES string of the molecule is CC(C)(C)OC(=O)NCCn1c(=S)[nH]c2c(Cl)nccc21. The van der Waals surface area contributed by atoms with Gasteiger partial charge in [-0.1, -0.05) is 11.6 Å². The Balaban J connectivity index is 2.05. The average molecular weight is 329 g/mol. The molecule has 0 aliphatic heterocycles. The predicted molar refractivity (Wildman–Crippen MR) is 84.2 cm³/mol. The van der Waals surface area contributed by atoms with Gasteiger partial charge in [0.25, 0.3) is 0 Å². The second-order valence-electron chi connectivity index (χ2n) is 5.51. The lowest BCUT2D eigenvalue weighted by molar-refractivity contribution is 0.0526. The van der Waals surface area contributed by atoms with Crippen molar-refractivity contribution in [3.05, 3.63) is 22.2 Å². The van der Waals surface area contributed by atoms with Gasteiger partial charge in [0.1, 0.15) is 11.1 Å². The van der Waals surface area contributed by atoms with Crippen molar-refractivity contribution in [2.24, 2.45) is 0 Å². The van der Waals surface area contributed by atoms with Crippen LogP contribution in [0.15, 0.2) is 12.3 Å². The first-order chi connectivity index (χ1) is 9.78. The number of alkyl carbamates (subject to hydrolysis) is 1. The molecule has 0 atom stereocenters. The number of halogens is 1. The summed E-state index contributed by atoms with van der Waals surface area (Å²) < 4.78 is 7.56. The van der Waals surface area contributed by atoms with Crippen LogP contribution in [-0.4, -0.2) is 32.8 Å². The van der Waals surface area contributed by atoms with E-state index in [2.05, 4.69) is 15.3 Å². The molecule has 0 aliphatic carbocycles. The molecule has 1 amide bonds. The Morgan fingerprint density at radius 3 is 2.95 bits per heavy atom. The summed E-state index contributed by atoms with van der Waals surface area (Å²) in [6.45, 7) is 6.36. The van der Waals surface area contributed by atoms with E-state index in [9.17, 15) is 4.79 Å². The molecule has 0 saturated heterocycles. The average Bonchev–Trinajstić information content (AvgIpc) is 2.66. The van der Waals surface area contributed by atoms with Crippen molar-refractivity contribution in [2.45, 2.75) is 32.9 Å². The summed E-state index contributed by atoms with van der Waals surface area (Å²) in [7, 11) is 0. The number of nitrogens with zero attached hydrogens (tertiary/aromatic N) is 2. The van der Waals surface area contributed by atoms with Gasteiger partial charge in [-0.3, -0.25) is 0 Å². The summed E-state index contributed by atoms with van der Waals surface area (Å²) in [6, 6.07) is 1.82. The number of fused-ring (bicyclic) bond motifs is 1. The fraction of sp³-hybridized carbons (Fsp3) is 0.462. The van der Waals surface area contributed by atoms with Gasteiger partial charge in [0.2, 0.25) is 0 Å². The molecule has 114 valence electrons. The van der Waals surface area contributed by atoms with E-state index in [1.807, 2.05) is 31.4 Å². The molecular weight excluding hydrogens is 312 g/mol. The Bertz CT molecular complexity index is 717. The zero-order valence-corrected chi connectivity index (χ0v) is 13.6. The summed E-state index contributed by atoms with van der Waals surface area (Å²) in [5, 5.41) is 3.07. The molecule has 0 radical (unpaired) electrons. The highest BCUT2D eigenvalue weighted by Crippen LogP contribution is 2.19. The topological polar surface area (TPSA) is 71.9 Å². The molecule has 0 spiro atoms. The fourth-order valence-electron chi connectivity index (χ4n) is 1.86. The van der Waals surface area contributed by atoms with Crippen molar-refractivity contribution >= 4 is 40.9 Å². The third kappa shape index (κ3) is 3.95. The number of rotatable bonds is 3. The maximum absolute atomic E-state index is 11.6. The highest BCUT2D eigenvalue weighted by atomic mass is 35.5. The van der Waals surface area contributed by atoms with E-state index in [0.717, 1.165) is 5.52 Å². The molecule has 2 aromatic heterocycles. The maximum Gasteiger partial charge on any atom is 0.407 e. The van der Waals surface area contributed by atoms with E-state index in [0.29, 0.717) is 28.5 Å². The van der Waals surface area contributed by atoms with Gasteiger partial charge >= 0.3 is 6.09 Å². The van der Waals surface area contributed by atoms with Crippen LogP contribution < -0.4 is 5.32 Å².